The summed E-state index contributed by atoms with van der Waals surface area (Å²) in [6, 6.07) is 0. The number of aliphatic hydroxyl groups excluding tert-OH is 2. The van der Waals surface area contributed by atoms with Crippen molar-refractivity contribution in [1.29, 1.82) is 0 Å². The van der Waals surface area contributed by atoms with Gasteiger partial charge in [-0.15, -0.1) is 0 Å². The number of thiol groups is 1. The minimum atomic E-state index is -5.54. The van der Waals surface area contributed by atoms with Gasteiger partial charge in [-0.3, -0.25) is 27.7 Å². The van der Waals surface area contributed by atoms with Gasteiger partial charge in [0.05, 0.1) is 19.5 Å². The Morgan fingerprint density at radius 1 is 1.10 bits per heavy atom. The summed E-state index contributed by atoms with van der Waals surface area (Å²) in [5.41, 5.74) is 4.30. The first-order valence-electron chi connectivity index (χ1n) is 13.7. The van der Waals surface area contributed by atoms with Crippen molar-refractivity contribution >= 4 is 64.9 Å². The van der Waals surface area contributed by atoms with Gasteiger partial charge >= 0.3 is 23.5 Å². The van der Waals surface area contributed by atoms with Gasteiger partial charge in [0.1, 0.15) is 36.3 Å². The number of aliphatic hydroxyl groups is 2. The van der Waals surface area contributed by atoms with Crippen molar-refractivity contribution in [1.82, 2.24) is 30.2 Å². The number of hydrogen-bond donors (Lipinski definition) is 10. The maximum absolute atomic E-state index is 12.6. The molecule has 0 saturated carbocycles. The second-order valence-corrected chi connectivity index (χ2v) is 15.5. The molecule has 0 aromatic carbocycles. The number of amides is 2. The number of aromatic nitrogens is 4. The zero-order chi connectivity index (χ0) is 36.1. The molecule has 3 heterocycles. The summed E-state index contributed by atoms with van der Waals surface area (Å²) in [5, 5.41) is 26.1. The molecule has 1 saturated heterocycles. The molecule has 23 nitrogen and oxygen atoms in total. The summed E-state index contributed by atoms with van der Waals surface area (Å²) in [4.78, 5) is 74.6. The molecule has 10 N–H and O–H groups in total. The molecular weight excluding hydrogens is 795 g/mol. The Labute approximate surface area is 294 Å². The number of anilines is 1. The fourth-order valence-corrected chi connectivity index (χ4v) is 7.08. The van der Waals surface area contributed by atoms with E-state index >= 15 is 0 Å². The summed E-state index contributed by atoms with van der Waals surface area (Å²) in [6.45, 7) is 0.723. The monoisotopic (exact) mass is 830 g/mol. The second kappa shape index (κ2) is 17.8. The molecule has 1 fully saturated rings. The van der Waals surface area contributed by atoms with Crippen molar-refractivity contribution in [3.63, 3.8) is 0 Å². The third-order valence-corrected chi connectivity index (χ3v) is 9.83. The van der Waals surface area contributed by atoms with Gasteiger partial charge in [0.2, 0.25) is 11.8 Å². The molecule has 2 amide bonds. The van der Waals surface area contributed by atoms with E-state index in [0.29, 0.717) is 12.3 Å². The van der Waals surface area contributed by atoms with Crippen LogP contribution in [0, 0.1) is 5.41 Å². The van der Waals surface area contributed by atoms with Gasteiger partial charge in [0.15, 0.2) is 17.7 Å². The first-order chi connectivity index (χ1) is 22.2. The van der Waals surface area contributed by atoms with Crippen molar-refractivity contribution < 1.29 is 92.8 Å². The molecule has 49 heavy (non-hydrogen) atoms. The van der Waals surface area contributed by atoms with Gasteiger partial charge in [-0.05, 0) is 0 Å². The Hall–Kier alpha value is -1.59. The second-order valence-electron chi connectivity index (χ2n) is 10.8. The van der Waals surface area contributed by atoms with E-state index in [1.165, 1.54) is 13.8 Å². The number of fused-ring (bicyclic) bond motifs is 1. The van der Waals surface area contributed by atoms with Crippen LogP contribution in [0.5, 0.6) is 0 Å². The molecule has 0 spiro atoms. The number of nitrogens with zero attached hydrogens (tertiary/aromatic N) is 4. The average Bonchev–Trinajstić information content (AvgIpc) is 3.54. The molecule has 2 unspecified atom stereocenters. The zero-order valence-corrected chi connectivity index (χ0v) is 30.0. The van der Waals surface area contributed by atoms with Gasteiger partial charge in [-0.25, -0.2) is 28.6 Å². The number of nitrogen functional groups attached to an aromatic ring is 1. The summed E-state index contributed by atoms with van der Waals surface area (Å²) in [5.74, 6) is -0.943. The van der Waals surface area contributed by atoms with Crippen LogP contribution < -0.4 is 16.4 Å². The van der Waals surface area contributed by atoms with Gasteiger partial charge in [-0.1, -0.05) is 13.8 Å². The minimum Gasteiger partial charge on any atom is -0.386 e. The Morgan fingerprint density at radius 3 is 2.39 bits per heavy atom. The Morgan fingerprint density at radius 2 is 1.76 bits per heavy atom. The molecule has 1 aliphatic rings. The SMILES string of the molecule is CC(C)(COP(=O)(O)OP(=O)(O)OC[C@H]1O[C@@H](n2cnc3c(N)ncnc32)[C@H](O)[C@@H]1OP(=O)(O)O)[C@@H](O)C(=O)NCCC(=O)NCCS.[Cu]. The third kappa shape index (κ3) is 12.5. The number of carbonyl (C=O) groups is 2. The van der Waals surface area contributed by atoms with Crippen LogP contribution in [-0.2, 0) is 63.0 Å². The van der Waals surface area contributed by atoms with Gasteiger partial charge in [-0.2, -0.15) is 16.9 Å². The topological polar surface area (TPSA) is 347 Å². The summed E-state index contributed by atoms with van der Waals surface area (Å²) >= 11 is 3.95. The van der Waals surface area contributed by atoms with Crippen LogP contribution in [0.25, 0.3) is 11.2 Å². The molecule has 28 heteroatoms. The van der Waals surface area contributed by atoms with Gasteiger partial charge in [0.25, 0.3) is 0 Å². The number of hydrogen-bond acceptors (Lipinski definition) is 17. The molecule has 7 atom stereocenters. The number of rotatable bonds is 18. The van der Waals surface area contributed by atoms with E-state index in [1.54, 1.807) is 0 Å². The largest absolute Gasteiger partial charge is 0.481 e. The van der Waals surface area contributed by atoms with E-state index in [-0.39, 0.29) is 52.9 Å². The van der Waals surface area contributed by atoms with E-state index in [1.807, 2.05) is 0 Å². The average molecular weight is 831 g/mol. The molecular formula is C21H36CuN7O16P3S. The molecule has 1 radical (unpaired) electrons. The van der Waals surface area contributed by atoms with Crippen molar-refractivity contribution in [2.24, 2.45) is 5.41 Å². The quantitative estimate of drug-likeness (QED) is 0.0456. The van der Waals surface area contributed by atoms with Crippen molar-refractivity contribution in [2.45, 2.75) is 50.9 Å². The molecule has 2 aromatic heterocycles. The van der Waals surface area contributed by atoms with Crippen LogP contribution in [0.1, 0.15) is 26.5 Å². The van der Waals surface area contributed by atoms with Gasteiger partial charge < -0.3 is 50.9 Å². The fourth-order valence-electron chi connectivity index (χ4n) is 4.14. The maximum atomic E-state index is 12.6. The van der Waals surface area contributed by atoms with Crippen LogP contribution in [0.4, 0.5) is 5.82 Å². The standard InChI is InChI=1S/C21H36N7O16P3S.Cu/c1-21(2,16(31)19(32)24-4-3-12(29)23-5-6-48)8-41-47(38,39)44-46(36,37)40-7-11-15(43-45(33,34)35)14(30)20(42-11)28-10-27-13-17(22)25-9-26-18(13)28;/h9-11,14-16,20,30-31,48H,3-8H2,1-2H3,(H,23,29)(H,24,32)(H,36,37)(H,38,39)(H2,22,25,26)(H2,33,34,35);/t11-,14-,15-,16+,20-;/m1./s1. The number of imidazole rings is 1. The minimum absolute atomic E-state index is 0. The first kappa shape index (κ1) is 43.6. The number of carbonyl (C=O) groups excluding carboxylic acids is 2. The first-order valence-corrected chi connectivity index (χ1v) is 18.8. The van der Waals surface area contributed by atoms with Crippen LogP contribution in [-0.4, -0.2) is 118 Å². The number of phosphoric acid groups is 3. The number of nitrogens with one attached hydrogen (secondary N) is 2. The van der Waals surface area contributed by atoms with Crippen LogP contribution in [0.3, 0.4) is 0 Å². The Kier molecular flexibility index (Phi) is 15.8. The molecule has 0 bridgehead atoms. The maximum Gasteiger partial charge on any atom is 0.481 e. The molecule has 2 aromatic rings. The fraction of sp³-hybridized carbons (Fsp3) is 0.667. The predicted molar refractivity (Wildman–Crippen MR) is 163 cm³/mol. The van der Waals surface area contributed by atoms with Crippen molar-refractivity contribution in [2.75, 3.05) is 37.8 Å². The van der Waals surface area contributed by atoms with E-state index in [4.69, 9.17) is 19.5 Å². The zero-order valence-electron chi connectivity index (χ0n) is 25.5. The van der Waals surface area contributed by atoms with Crippen molar-refractivity contribution in [3.8, 4) is 0 Å². The molecule has 3 rings (SSSR count). The van der Waals surface area contributed by atoms with Crippen LogP contribution in [0.15, 0.2) is 12.7 Å². The summed E-state index contributed by atoms with van der Waals surface area (Å²) in [6.07, 6.45) is -6.74. The van der Waals surface area contributed by atoms with E-state index < -0.39 is 78.6 Å². The summed E-state index contributed by atoms with van der Waals surface area (Å²) in [7, 11) is -16.3. The van der Waals surface area contributed by atoms with E-state index in [2.05, 4.69) is 47.0 Å². The predicted octanol–water partition coefficient (Wildman–Crippen LogP) is -1.67. The smallest absolute Gasteiger partial charge is 0.386 e. The van der Waals surface area contributed by atoms with Crippen molar-refractivity contribution in [3.05, 3.63) is 12.7 Å². The normalized spacial score (nSPS) is 22.9. The van der Waals surface area contributed by atoms with E-state index in [9.17, 15) is 53.1 Å². The molecule has 283 valence electrons. The molecule has 0 aliphatic carbocycles. The van der Waals surface area contributed by atoms with Crippen LogP contribution in [0.2, 0.25) is 0 Å². The van der Waals surface area contributed by atoms with E-state index in [0.717, 1.165) is 17.2 Å². The van der Waals surface area contributed by atoms with Crippen LogP contribution >= 0.6 is 36.1 Å². The number of phosphoric ester groups is 3. The van der Waals surface area contributed by atoms with Gasteiger partial charge in [0, 0.05) is 47.7 Å². The Bertz CT molecular complexity index is 1600. The molecule has 1 aliphatic heterocycles. The number of nitrogens with two attached hydrogens (primary N) is 1. The Balaban J connectivity index is 0.00000833. The summed E-state index contributed by atoms with van der Waals surface area (Å²) < 4.78 is 61.7. The third-order valence-electron chi connectivity index (χ3n) is 6.51. The number of ether oxygens (including phenoxy) is 1.